The van der Waals surface area contributed by atoms with Gasteiger partial charge in [0, 0.05) is 19.6 Å². The summed E-state index contributed by atoms with van der Waals surface area (Å²) in [4.78, 5) is 14.7. The van der Waals surface area contributed by atoms with Gasteiger partial charge in [-0.05, 0) is 24.9 Å². The Morgan fingerprint density at radius 1 is 1.38 bits per heavy atom. The molecule has 1 aliphatic rings. The molecule has 3 rings (SSSR count). The van der Waals surface area contributed by atoms with Crippen molar-refractivity contribution >= 4 is 18.3 Å². The van der Waals surface area contributed by atoms with E-state index in [1.807, 2.05) is 34.8 Å². The molecule has 1 aromatic heterocycles. The van der Waals surface area contributed by atoms with Crippen LogP contribution in [-0.2, 0) is 13.0 Å². The number of likely N-dealkylation sites (N-methyl/N-ethyl adjacent to an activating group) is 1. The highest BCUT2D eigenvalue weighted by Gasteiger charge is 2.26. The van der Waals surface area contributed by atoms with Gasteiger partial charge in [-0.1, -0.05) is 37.3 Å². The number of nitrogens with zero attached hydrogens (tertiary/aromatic N) is 3. The lowest BCUT2D eigenvalue weighted by atomic mass is 10.1. The molecule has 24 heavy (non-hydrogen) atoms. The molecule has 1 N–H and O–H groups in total. The molecule has 6 heteroatoms. The third kappa shape index (κ3) is 3.79. The molecule has 1 aromatic carbocycles. The van der Waals surface area contributed by atoms with Crippen molar-refractivity contribution in [3.8, 4) is 0 Å². The van der Waals surface area contributed by atoms with E-state index in [9.17, 15) is 4.79 Å². The number of hydrogen-bond donors (Lipinski definition) is 1. The highest BCUT2D eigenvalue weighted by molar-refractivity contribution is 5.95. The number of carbonyl (C=O) groups is 1. The molecule has 0 aliphatic carbocycles. The summed E-state index contributed by atoms with van der Waals surface area (Å²) in [5.74, 6) is 0.0786. The first-order valence-corrected chi connectivity index (χ1v) is 8.27. The molecule has 1 aliphatic heterocycles. The van der Waals surface area contributed by atoms with Gasteiger partial charge >= 0.3 is 0 Å². The molecular formula is C18H25ClN4O. The zero-order valence-corrected chi connectivity index (χ0v) is 15.1. The van der Waals surface area contributed by atoms with Crippen LogP contribution in [0.5, 0.6) is 0 Å². The van der Waals surface area contributed by atoms with Crippen LogP contribution >= 0.6 is 12.4 Å². The quantitative estimate of drug-likeness (QED) is 0.902. The molecule has 5 nitrogen and oxygen atoms in total. The van der Waals surface area contributed by atoms with Crippen molar-refractivity contribution in [2.24, 2.45) is 0 Å². The molecule has 1 amide bonds. The van der Waals surface area contributed by atoms with E-state index in [2.05, 4.69) is 29.5 Å². The predicted octanol–water partition coefficient (Wildman–Crippen LogP) is 2.35. The van der Waals surface area contributed by atoms with Crippen LogP contribution in [0.4, 0.5) is 0 Å². The van der Waals surface area contributed by atoms with Gasteiger partial charge in [-0.25, -0.2) is 0 Å². The van der Waals surface area contributed by atoms with Crippen LogP contribution in [0.25, 0.3) is 0 Å². The molecular weight excluding hydrogens is 324 g/mol. The van der Waals surface area contributed by atoms with Gasteiger partial charge in [0.25, 0.3) is 5.91 Å². The van der Waals surface area contributed by atoms with E-state index in [0.29, 0.717) is 6.54 Å². The van der Waals surface area contributed by atoms with Crippen molar-refractivity contribution in [1.82, 2.24) is 20.0 Å². The molecule has 0 saturated carbocycles. The molecule has 1 unspecified atom stereocenters. The monoisotopic (exact) mass is 348 g/mol. The lowest BCUT2D eigenvalue weighted by Crippen LogP contribution is -2.38. The minimum Gasteiger partial charge on any atom is -0.337 e. The summed E-state index contributed by atoms with van der Waals surface area (Å²) in [6.07, 6.45) is 3.54. The first-order valence-electron chi connectivity index (χ1n) is 8.27. The number of aromatic nitrogens is 2. The second kappa shape index (κ2) is 8.31. The van der Waals surface area contributed by atoms with E-state index in [1.165, 1.54) is 5.56 Å². The summed E-state index contributed by atoms with van der Waals surface area (Å²) in [5, 5.41) is 7.78. The number of halogens is 1. The molecule has 0 spiro atoms. The molecule has 2 aromatic rings. The maximum atomic E-state index is 12.8. The highest BCUT2D eigenvalue weighted by atomic mass is 35.5. The molecule has 2 heterocycles. The van der Waals surface area contributed by atoms with Crippen LogP contribution < -0.4 is 5.32 Å². The second-order valence-electron chi connectivity index (χ2n) is 6.06. The van der Waals surface area contributed by atoms with Crippen LogP contribution in [-0.4, -0.2) is 46.8 Å². The van der Waals surface area contributed by atoms with Crippen LogP contribution in [0.2, 0.25) is 0 Å². The predicted molar refractivity (Wildman–Crippen MR) is 97.8 cm³/mol. The van der Waals surface area contributed by atoms with Crippen molar-refractivity contribution in [2.45, 2.75) is 32.4 Å². The summed E-state index contributed by atoms with van der Waals surface area (Å²) in [7, 11) is 1.90. The molecule has 1 fully saturated rings. The topological polar surface area (TPSA) is 50.2 Å². The smallest absolute Gasteiger partial charge is 0.257 e. The summed E-state index contributed by atoms with van der Waals surface area (Å²) in [6.45, 7) is 4.64. The van der Waals surface area contributed by atoms with Crippen LogP contribution in [0.1, 0.15) is 35.0 Å². The Kier molecular flexibility index (Phi) is 6.40. The normalized spacial score (nSPS) is 16.7. The summed E-state index contributed by atoms with van der Waals surface area (Å²) >= 11 is 0. The van der Waals surface area contributed by atoms with E-state index in [1.54, 1.807) is 6.20 Å². The number of amides is 1. The zero-order chi connectivity index (χ0) is 16.2. The third-order valence-electron chi connectivity index (χ3n) is 4.59. The average molecular weight is 349 g/mol. The fraction of sp³-hybridized carbons (Fsp3) is 0.444. The summed E-state index contributed by atoms with van der Waals surface area (Å²) in [6, 6.07) is 10.5. The second-order valence-corrected chi connectivity index (χ2v) is 6.06. The van der Waals surface area contributed by atoms with Crippen molar-refractivity contribution in [3.63, 3.8) is 0 Å². The fourth-order valence-electron chi connectivity index (χ4n) is 3.18. The van der Waals surface area contributed by atoms with E-state index < -0.39 is 0 Å². The zero-order valence-electron chi connectivity index (χ0n) is 14.2. The van der Waals surface area contributed by atoms with Gasteiger partial charge in [-0.2, -0.15) is 5.10 Å². The van der Waals surface area contributed by atoms with Crippen LogP contribution in [0.15, 0.2) is 36.5 Å². The van der Waals surface area contributed by atoms with Crippen molar-refractivity contribution in [2.75, 3.05) is 20.1 Å². The Balaban J connectivity index is 0.00000208. The molecule has 1 saturated heterocycles. The molecule has 0 bridgehead atoms. The number of carbonyl (C=O) groups excluding carboxylic acids is 1. The molecule has 130 valence electrons. The SMILES string of the molecule is CCc1c(C(=O)N(C)C2CCNC2)cnn1Cc1ccccc1.Cl. The minimum atomic E-state index is 0. The first-order chi connectivity index (χ1) is 11.2. The lowest BCUT2D eigenvalue weighted by molar-refractivity contribution is 0.0742. The Bertz CT molecular complexity index is 665. The van der Waals surface area contributed by atoms with Crippen molar-refractivity contribution in [1.29, 1.82) is 0 Å². The largest absolute Gasteiger partial charge is 0.337 e. The minimum absolute atomic E-state index is 0. The van der Waals surface area contributed by atoms with Crippen LogP contribution in [0, 0.1) is 0 Å². The average Bonchev–Trinajstić information content (AvgIpc) is 3.24. The fourth-order valence-corrected chi connectivity index (χ4v) is 3.18. The Morgan fingerprint density at radius 3 is 2.75 bits per heavy atom. The van der Waals surface area contributed by atoms with Gasteiger partial charge in [-0.3, -0.25) is 9.48 Å². The van der Waals surface area contributed by atoms with E-state index in [-0.39, 0.29) is 24.4 Å². The van der Waals surface area contributed by atoms with Crippen molar-refractivity contribution < 1.29 is 4.79 Å². The van der Waals surface area contributed by atoms with Gasteiger partial charge in [-0.15, -0.1) is 12.4 Å². The van der Waals surface area contributed by atoms with Gasteiger partial charge in [0.2, 0.25) is 0 Å². The summed E-state index contributed by atoms with van der Waals surface area (Å²) in [5.41, 5.74) is 2.94. The Labute approximate surface area is 149 Å². The lowest BCUT2D eigenvalue weighted by Gasteiger charge is -2.23. The van der Waals surface area contributed by atoms with E-state index >= 15 is 0 Å². The van der Waals surface area contributed by atoms with E-state index in [4.69, 9.17) is 0 Å². The van der Waals surface area contributed by atoms with Gasteiger partial charge < -0.3 is 10.2 Å². The maximum Gasteiger partial charge on any atom is 0.257 e. The summed E-state index contributed by atoms with van der Waals surface area (Å²) < 4.78 is 1.95. The Hall–Kier alpha value is -1.85. The third-order valence-corrected chi connectivity index (χ3v) is 4.59. The van der Waals surface area contributed by atoms with Gasteiger partial charge in [0.05, 0.1) is 24.0 Å². The van der Waals surface area contributed by atoms with Gasteiger partial charge in [0.1, 0.15) is 0 Å². The van der Waals surface area contributed by atoms with Crippen LogP contribution in [0.3, 0.4) is 0 Å². The molecule has 1 atom stereocenters. The van der Waals surface area contributed by atoms with E-state index in [0.717, 1.165) is 37.2 Å². The first kappa shape index (κ1) is 18.5. The number of benzene rings is 1. The maximum absolute atomic E-state index is 12.8. The Morgan fingerprint density at radius 2 is 2.12 bits per heavy atom. The molecule has 0 radical (unpaired) electrons. The standard InChI is InChI=1S/C18H24N4O.ClH/c1-3-17-16(18(23)21(2)15-9-10-19-11-15)12-20-22(17)13-14-7-5-4-6-8-14;/h4-8,12,15,19H,3,9-11,13H2,1-2H3;1H. The van der Waals surface area contributed by atoms with Crippen molar-refractivity contribution in [3.05, 3.63) is 53.3 Å². The number of rotatable bonds is 5. The number of hydrogen-bond acceptors (Lipinski definition) is 3. The highest BCUT2D eigenvalue weighted by Crippen LogP contribution is 2.17. The van der Waals surface area contributed by atoms with Gasteiger partial charge in [0.15, 0.2) is 0 Å². The number of nitrogens with one attached hydrogen (secondary N) is 1.